The summed E-state index contributed by atoms with van der Waals surface area (Å²) in [4.78, 5) is 24.1. The fourth-order valence-electron chi connectivity index (χ4n) is 4.28. The zero-order chi connectivity index (χ0) is 26.6. The highest BCUT2D eigenvalue weighted by Crippen LogP contribution is 2.32. The highest BCUT2D eigenvalue weighted by atomic mass is 19.2. The molecule has 0 unspecified atom stereocenters. The highest BCUT2D eigenvalue weighted by Gasteiger charge is 2.23. The van der Waals surface area contributed by atoms with E-state index in [2.05, 4.69) is 37.2 Å². The Morgan fingerprint density at radius 2 is 1.97 bits per heavy atom. The van der Waals surface area contributed by atoms with Crippen LogP contribution in [0.1, 0.15) is 0 Å². The van der Waals surface area contributed by atoms with Crippen molar-refractivity contribution in [2.24, 2.45) is 0 Å². The average molecular weight is 522 g/mol. The predicted molar refractivity (Wildman–Crippen MR) is 139 cm³/mol. The Morgan fingerprint density at radius 3 is 2.74 bits per heavy atom. The van der Waals surface area contributed by atoms with Gasteiger partial charge in [0.1, 0.15) is 5.52 Å². The molecule has 4 aromatic rings. The molecule has 38 heavy (non-hydrogen) atoms. The van der Waals surface area contributed by atoms with Crippen molar-refractivity contribution in [3.8, 4) is 11.3 Å². The molecule has 1 aliphatic rings. The van der Waals surface area contributed by atoms with Gasteiger partial charge in [-0.2, -0.15) is 0 Å². The van der Waals surface area contributed by atoms with E-state index in [0.29, 0.717) is 60.8 Å². The zero-order valence-corrected chi connectivity index (χ0v) is 20.3. The molecule has 0 aliphatic carbocycles. The topological polar surface area (TPSA) is 120 Å². The number of aliphatic hydroxyl groups is 1. The fourth-order valence-corrected chi connectivity index (χ4v) is 4.28. The van der Waals surface area contributed by atoms with Gasteiger partial charge in [0.05, 0.1) is 24.2 Å². The number of fused-ring (bicyclic) bond motifs is 1. The largest absolute Gasteiger partial charge is 0.395 e. The molecule has 0 atom stereocenters. The molecule has 10 nitrogen and oxygen atoms in total. The van der Waals surface area contributed by atoms with E-state index < -0.39 is 11.6 Å². The van der Waals surface area contributed by atoms with Crippen LogP contribution in [0.15, 0.2) is 59.8 Å². The quantitative estimate of drug-likeness (QED) is 0.299. The predicted octanol–water partition coefficient (Wildman–Crippen LogP) is 3.55. The smallest absolute Gasteiger partial charge is 0.247 e. The number of hydrogen-bond acceptors (Lipinski definition) is 9. The molecule has 0 bridgehead atoms. The van der Waals surface area contributed by atoms with Crippen molar-refractivity contribution in [1.82, 2.24) is 20.0 Å². The third-order valence-corrected chi connectivity index (χ3v) is 6.24. The van der Waals surface area contributed by atoms with Gasteiger partial charge in [0, 0.05) is 44.0 Å². The van der Waals surface area contributed by atoms with E-state index in [9.17, 15) is 4.79 Å². The minimum atomic E-state index is -1.04. The van der Waals surface area contributed by atoms with Crippen molar-refractivity contribution >= 4 is 40.0 Å². The first-order valence-electron chi connectivity index (χ1n) is 12.0. The number of amides is 1. The number of aromatic nitrogens is 3. The normalized spacial score (nSPS) is 14.0. The minimum absolute atomic E-state index is 0.0294. The van der Waals surface area contributed by atoms with Crippen molar-refractivity contribution in [2.45, 2.75) is 0 Å². The number of piperazine rings is 1. The van der Waals surface area contributed by atoms with Crippen LogP contribution in [0.3, 0.4) is 0 Å². The summed E-state index contributed by atoms with van der Waals surface area (Å²) < 4.78 is 35.5. The van der Waals surface area contributed by atoms with Crippen LogP contribution in [0.25, 0.3) is 22.4 Å². The molecule has 5 rings (SSSR count). The first-order chi connectivity index (χ1) is 18.5. The number of aliphatic hydroxyl groups excluding tert-OH is 1. The van der Waals surface area contributed by atoms with Crippen LogP contribution in [0.5, 0.6) is 0 Å². The van der Waals surface area contributed by atoms with Crippen molar-refractivity contribution < 1.29 is 23.2 Å². The number of rotatable bonds is 8. The number of carbonyl (C=O) groups is 1. The number of hydrogen-bond donors (Lipinski definition) is 3. The van der Waals surface area contributed by atoms with E-state index in [0.717, 1.165) is 6.08 Å². The van der Waals surface area contributed by atoms with E-state index in [-0.39, 0.29) is 29.8 Å². The number of halogens is 2. The number of nitrogens with zero attached hydrogens (tertiary/aromatic N) is 5. The lowest BCUT2D eigenvalue weighted by Gasteiger charge is -2.36. The maximum atomic E-state index is 15.0. The van der Waals surface area contributed by atoms with E-state index in [4.69, 9.17) is 9.63 Å². The van der Waals surface area contributed by atoms with Crippen LogP contribution in [0.2, 0.25) is 0 Å². The summed E-state index contributed by atoms with van der Waals surface area (Å²) in [5.74, 6) is -2.01. The average Bonchev–Trinajstić information content (AvgIpc) is 3.36. The van der Waals surface area contributed by atoms with Gasteiger partial charge in [0.2, 0.25) is 11.9 Å². The van der Waals surface area contributed by atoms with E-state index in [1.54, 1.807) is 29.2 Å². The number of benzene rings is 2. The maximum Gasteiger partial charge on any atom is 0.247 e. The van der Waals surface area contributed by atoms with Gasteiger partial charge in [-0.15, -0.1) is 0 Å². The molecule has 12 heteroatoms. The highest BCUT2D eigenvalue weighted by molar-refractivity contribution is 5.99. The molecule has 1 fully saturated rings. The van der Waals surface area contributed by atoms with E-state index >= 15 is 8.78 Å². The van der Waals surface area contributed by atoms with Crippen LogP contribution in [-0.4, -0.2) is 70.4 Å². The third-order valence-electron chi connectivity index (χ3n) is 6.24. The molecular formula is C26H25F2N7O3. The lowest BCUT2D eigenvalue weighted by molar-refractivity contribution is -0.111. The maximum absolute atomic E-state index is 15.0. The Bertz CT molecular complexity index is 1490. The number of anilines is 4. The molecule has 1 amide bonds. The van der Waals surface area contributed by atoms with Crippen molar-refractivity contribution in [3.63, 3.8) is 0 Å². The number of carbonyl (C=O) groups excluding carboxylic acids is 1. The van der Waals surface area contributed by atoms with Crippen LogP contribution in [0, 0.1) is 11.6 Å². The second kappa shape index (κ2) is 10.9. The van der Waals surface area contributed by atoms with Crippen molar-refractivity contribution in [2.75, 3.05) is 54.9 Å². The first-order valence-corrected chi connectivity index (χ1v) is 12.0. The SMILES string of the molecule is C=CC(=O)Nc1cccc(-c2onc3cnc(Nc4ccc(N5CCN(CCO)CC5)c(F)c4F)nc23)c1. The summed E-state index contributed by atoms with van der Waals surface area (Å²) in [6, 6.07) is 9.86. The summed E-state index contributed by atoms with van der Waals surface area (Å²) in [6.07, 6.45) is 2.57. The standard InChI is InChI=1S/C26H25F2N7O3/c1-2-21(37)30-17-5-3-4-16(14-17)25-24-19(33-38-25)15-29-26(32-24)31-18-6-7-20(23(28)22(18)27)35-10-8-34(9-11-35)12-13-36/h2-7,14-15,36H,1,8-13H2,(H,30,37)(H,31,32). The Balaban J connectivity index is 1.37. The molecule has 3 N–H and O–H groups in total. The van der Waals surface area contributed by atoms with Crippen LogP contribution in [-0.2, 0) is 4.79 Å². The Hall–Kier alpha value is -4.42. The second-order valence-electron chi connectivity index (χ2n) is 8.65. The molecule has 1 aliphatic heterocycles. The molecule has 0 saturated carbocycles. The summed E-state index contributed by atoms with van der Waals surface area (Å²) in [7, 11) is 0. The van der Waals surface area contributed by atoms with Crippen LogP contribution in [0.4, 0.5) is 31.8 Å². The van der Waals surface area contributed by atoms with Crippen molar-refractivity contribution in [3.05, 3.63) is 66.9 Å². The lowest BCUT2D eigenvalue weighted by Crippen LogP contribution is -2.47. The van der Waals surface area contributed by atoms with Gasteiger partial charge in [-0.05, 0) is 30.3 Å². The first kappa shape index (κ1) is 25.2. The summed E-state index contributed by atoms with van der Waals surface area (Å²) in [5.41, 5.74) is 1.91. The molecule has 0 radical (unpaired) electrons. The Labute approximate surface area is 216 Å². The van der Waals surface area contributed by atoms with Gasteiger partial charge in [-0.25, -0.2) is 18.7 Å². The molecular weight excluding hydrogens is 496 g/mol. The second-order valence-corrected chi connectivity index (χ2v) is 8.65. The van der Waals surface area contributed by atoms with Gasteiger partial charge in [0.25, 0.3) is 0 Å². The number of β-amino-alcohol motifs (C(OH)–C–C–N with tert-alkyl or cyclic N) is 1. The van der Waals surface area contributed by atoms with Crippen LogP contribution >= 0.6 is 0 Å². The summed E-state index contributed by atoms with van der Waals surface area (Å²) in [6.45, 7) is 6.42. The van der Waals surface area contributed by atoms with Gasteiger partial charge in [0.15, 0.2) is 22.9 Å². The van der Waals surface area contributed by atoms with E-state index in [1.807, 2.05) is 0 Å². The number of nitrogens with one attached hydrogen (secondary N) is 2. The lowest BCUT2D eigenvalue weighted by atomic mass is 10.1. The van der Waals surface area contributed by atoms with E-state index in [1.165, 1.54) is 18.3 Å². The summed E-state index contributed by atoms with van der Waals surface area (Å²) in [5, 5.41) is 18.5. The Kier molecular flexibility index (Phi) is 7.24. The molecule has 2 aromatic heterocycles. The fraction of sp³-hybridized carbons (Fsp3) is 0.231. The van der Waals surface area contributed by atoms with Crippen LogP contribution < -0.4 is 15.5 Å². The zero-order valence-electron chi connectivity index (χ0n) is 20.3. The summed E-state index contributed by atoms with van der Waals surface area (Å²) >= 11 is 0. The molecule has 1 saturated heterocycles. The van der Waals surface area contributed by atoms with Gasteiger partial charge in [-0.3, -0.25) is 9.69 Å². The monoisotopic (exact) mass is 521 g/mol. The minimum Gasteiger partial charge on any atom is -0.395 e. The van der Waals surface area contributed by atoms with Gasteiger partial charge < -0.3 is 25.2 Å². The third kappa shape index (κ3) is 5.17. The van der Waals surface area contributed by atoms with Gasteiger partial charge in [-0.1, -0.05) is 23.9 Å². The van der Waals surface area contributed by atoms with Crippen molar-refractivity contribution in [1.29, 1.82) is 0 Å². The molecule has 3 heterocycles. The Morgan fingerprint density at radius 1 is 1.16 bits per heavy atom. The molecule has 0 spiro atoms. The van der Waals surface area contributed by atoms with Gasteiger partial charge >= 0.3 is 0 Å². The molecule has 2 aromatic carbocycles. The molecule has 196 valence electrons.